The number of nitriles is 1. The Morgan fingerprint density at radius 2 is 0.708 bits per heavy atom. The number of pyridine rings is 2. The quantitative estimate of drug-likeness (QED) is 0.151. The Labute approximate surface area is 378 Å². The summed E-state index contributed by atoms with van der Waals surface area (Å²) < 4.78 is 0. The third-order valence-electron chi connectivity index (χ3n) is 12.5. The van der Waals surface area contributed by atoms with Crippen molar-refractivity contribution in [2.24, 2.45) is 0 Å². The molecule has 0 unspecified atom stereocenters. The van der Waals surface area contributed by atoms with E-state index in [1.54, 1.807) is 0 Å². The van der Waals surface area contributed by atoms with Crippen LogP contribution >= 0.6 is 0 Å². The highest BCUT2D eigenvalue weighted by Gasteiger charge is 2.36. The topological polar surface area (TPSA) is 88.2 Å². The second kappa shape index (κ2) is 16.2. The maximum atomic E-state index is 9.80. The molecule has 7 aromatic carbocycles. The molecule has 1 aliphatic rings. The Kier molecular flexibility index (Phi) is 9.79. The van der Waals surface area contributed by atoms with E-state index < -0.39 is 0 Å². The molecule has 0 fully saturated rings. The fourth-order valence-electron chi connectivity index (χ4n) is 9.09. The first kappa shape index (κ1) is 39.2. The standard InChI is InChI=1S/C59H40N6/c1-59(2)54-29-38(37-60)13-19-52(54)53-20-18-45(36-55(53)59)48-33-50(49-31-46(41-21-25-61-26-22-41)30-47(32-49)42-23-27-62-28-24-42)35-51(34-48)58-64-56(43-11-7-4-8-12-43)63-57(65-58)44-16-14-40(15-17-44)39-9-5-3-6-10-39/h3-36H,1-2H3. The van der Waals surface area contributed by atoms with Crippen LogP contribution in [0.2, 0.25) is 0 Å². The van der Waals surface area contributed by atoms with E-state index in [9.17, 15) is 5.26 Å². The van der Waals surface area contributed by atoms with Gasteiger partial charge in [0.2, 0.25) is 0 Å². The lowest BCUT2D eigenvalue weighted by atomic mass is 9.81. The number of aromatic nitrogens is 5. The molecule has 3 heterocycles. The average molecular weight is 833 g/mol. The summed E-state index contributed by atoms with van der Waals surface area (Å²) in [4.78, 5) is 24.2. The van der Waals surface area contributed by atoms with Gasteiger partial charge >= 0.3 is 0 Å². The Morgan fingerprint density at radius 1 is 0.338 bits per heavy atom. The van der Waals surface area contributed by atoms with Gasteiger partial charge in [0.25, 0.3) is 0 Å². The maximum absolute atomic E-state index is 9.80. The highest BCUT2D eigenvalue weighted by atomic mass is 15.0. The predicted molar refractivity (Wildman–Crippen MR) is 261 cm³/mol. The van der Waals surface area contributed by atoms with Gasteiger partial charge in [0, 0.05) is 46.9 Å². The van der Waals surface area contributed by atoms with Crippen LogP contribution in [0.15, 0.2) is 207 Å². The monoisotopic (exact) mass is 832 g/mol. The molecule has 0 bridgehead atoms. The molecule has 0 atom stereocenters. The highest BCUT2D eigenvalue weighted by molar-refractivity contribution is 5.88. The third-order valence-corrected chi connectivity index (χ3v) is 12.5. The van der Waals surface area contributed by atoms with Gasteiger partial charge in [-0.3, -0.25) is 9.97 Å². The van der Waals surface area contributed by atoms with Crippen molar-refractivity contribution in [3.8, 4) is 107 Å². The number of fused-ring (bicyclic) bond motifs is 3. The van der Waals surface area contributed by atoms with Gasteiger partial charge in [0.1, 0.15) is 0 Å². The van der Waals surface area contributed by atoms with Crippen LogP contribution in [0.4, 0.5) is 0 Å². The summed E-state index contributed by atoms with van der Waals surface area (Å²) in [5.74, 6) is 1.76. The van der Waals surface area contributed by atoms with E-state index in [2.05, 4.69) is 139 Å². The van der Waals surface area contributed by atoms with E-state index in [4.69, 9.17) is 15.0 Å². The van der Waals surface area contributed by atoms with Gasteiger partial charge in [-0.2, -0.15) is 5.26 Å². The van der Waals surface area contributed by atoms with Crippen LogP contribution in [0.5, 0.6) is 0 Å². The number of benzene rings is 7. The Balaban J connectivity index is 1.12. The Morgan fingerprint density at radius 3 is 1.25 bits per heavy atom. The fourth-order valence-corrected chi connectivity index (χ4v) is 9.09. The van der Waals surface area contributed by atoms with Crippen molar-refractivity contribution in [2.45, 2.75) is 19.3 Å². The van der Waals surface area contributed by atoms with Gasteiger partial charge in [0.15, 0.2) is 17.5 Å². The van der Waals surface area contributed by atoms with Crippen molar-refractivity contribution in [2.75, 3.05) is 0 Å². The molecule has 65 heavy (non-hydrogen) atoms. The van der Waals surface area contributed by atoms with Crippen molar-refractivity contribution >= 4 is 0 Å². The lowest BCUT2D eigenvalue weighted by Gasteiger charge is -2.22. The number of hydrogen-bond acceptors (Lipinski definition) is 6. The van der Waals surface area contributed by atoms with E-state index in [0.29, 0.717) is 23.0 Å². The molecule has 0 saturated carbocycles. The largest absolute Gasteiger partial charge is 0.265 e. The van der Waals surface area contributed by atoms with Gasteiger partial charge in [-0.25, -0.2) is 15.0 Å². The van der Waals surface area contributed by atoms with Crippen LogP contribution in [0.1, 0.15) is 30.5 Å². The normalized spacial score (nSPS) is 12.3. The van der Waals surface area contributed by atoms with E-state index in [0.717, 1.165) is 77.9 Å². The molecule has 0 aliphatic heterocycles. The van der Waals surface area contributed by atoms with Crippen molar-refractivity contribution in [1.82, 2.24) is 24.9 Å². The number of nitrogens with zero attached hydrogens (tertiary/aromatic N) is 6. The molecular formula is C59H40N6. The molecule has 10 aromatic rings. The lowest BCUT2D eigenvalue weighted by molar-refractivity contribution is 0.660. The summed E-state index contributed by atoms with van der Waals surface area (Å²) in [6.45, 7) is 4.50. The predicted octanol–water partition coefficient (Wildman–Crippen LogP) is 14.2. The number of rotatable bonds is 8. The second-order valence-corrected chi connectivity index (χ2v) is 16.9. The summed E-state index contributed by atoms with van der Waals surface area (Å²) in [7, 11) is 0. The van der Waals surface area contributed by atoms with Crippen LogP contribution in [-0.4, -0.2) is 24.9 Å². The minimum absolute atomic E-state index is 0.309. The molecule has 0 N–H and O–H groups in total. The van der Waals surface area contributed by atoms with Gasteiger partial charge in [0.05, 0.1) is 11.6 Å². The first-order chi connectivity index (χ1) is 31.9. The van der Waals surface area contributed by atoms with Crippen LogP contribution in [0.25, 0.3) is 101 Å². The van der Waals surface area contributed by atoms with Gasteiger partial charge in [-0.15, -0.1) is 0 Å². The molecule has 6 nitrogen and oxygen atoms in total. The lowest BCUT2D eigenvalue weighted by Crippen LogP contribution is -2.15. The van der Waals surface area contributed by atoms with Crippen molar-refractivity contribution in [1.29, 1.82) is 5.26 Å². The zero-order valence-corrected chi connectivity index (χ0v) is 35.8. The fraction of sp³-hybridized carbons (Fsp3) is 0.0508. The van der Waals surface area contributed by atoms with Crippen molar-refractivity contribution in [3.63, 3.8) is 0 Å². The summed E-state index contributed by atoms with van der Waals surface area (Å²) in [6, 6.07) is 65.7. The minimum atomic E-state index is -0.309. The summed E-state index contributed by atoms with van der Waals surface area (Å²) in [5, 5.41) is 9.80. The highest BCUT2D eigenvalue weighted by Crippen LogP contribution is 2.50. The minimum Gasteiger partial charge on any atom is -0.265 e. The summed E-state index contributed by atoms with van der Waals surface area (Å²) >= 11 is 0. The van der Waals surface area contributed by atoms with E-state index in [-0.39, 0.29) is 5.41 Å². The number of hydrogen-bond donors (Lipinski definition) is 0. The molecule has 306 valence electrons. The Bertz CT molecular complexity index is 3380. The van der Waals surface area contributed by atoms with E-state index in [1.165, 1.54) is 16.7 Å². The Hall–Kier alpha value is -8.66. The van der Waals surface area contributed by atoms with Crippen LogP contribution < -0.4 is 0 Å². The molecule has 0 radical (unpaired) electrons. The van der Waals surface area contributed by atoms with Gasteiger partial charge in [-0.05, 0) is 157 Å². The SMILES string of the molecule is CC1(C)c2cc(C#N)ccc2-c2ccc(-c3cc(-c4cc(-c5ccncc5)cc(-c5ccncc5)c4)cc(-c4nc(-c5ccccc5)nc(-c5ccc(-c6ccccc6)cc5)n4)c3)cc21. The van der Waals surface area contributed by atoms with Crippen LogP contribution in [0.3, 0.4) is 0 Å². The molecule has 6 heteroatoms. The molecule has 11 rings (SSSR count). The first-order valence-electron chi connectivity index (χ1n) is 21.7. The maximum Gasteiger partial charge on any atom is 0.164 e. The van der Waals surface area contributed by atoms with E-state index in [1.807, 2.05) is 97.6 Å². The third kappa shape index (κ3) is 7.45. The van der Waals surface area contributed by atoms with Crippen molar-refractivity contribution < 1.29 is 0 Å². The van der Waals surface area contributed by atoms with Crippen LogP contribution in [0, 0.1) is 11.3 Å². The smallest absolute Gasteiger partial charge is 0.164 e. The van der Waals surface area contributed by atoms with Crippen LogP contribution in [-0.2, 0) is 5.41 Å². The van der Waals surface area contributed by atoms with E-state index >= 15 is 0 Å². The second-order valence-electron chi connectivity index (χ2n) is 16.9. The summed E-state index contributed by atoms with van der Waals surface area (Å²) in [6.07, 6.45) is 7.33. The zero-order chi connectivity index (χ0) is 43.9. The average Bonchev–Trinajstić information content (AvgIpc) is 3.61. The first-order valence-corrected chi connectivity index (χ1v) is 21.7. The zero-order valence-electron chi connectivity index (χ0n) is 35.8. The summed E-state index contributed by atoms with van der Waals surface area (Å²) in [5.41, 5.74) is 18.5. The van der Waals surface area contributed by atoms with Crippen molar-refractivity contribution in [3.05, 3.63) is 223 Å². The molecule has 3 aromatic heterocycles. The van der Waals surface area contributed by atoms with Gasteiger partial charge < -0.3 is 0 Å². The molecule has 1 aliphatic carbocycles. The molecular weight excluding hydrogens is 793 g/mol. The molecule has 0 amide bonds. The van der Waals surface area contributed by atoms with Gasteiger partial charge in [-0.1, -0.05) is 117 Å². The molecule has 0 saturated heterocycles. The molecule has 0 spiro atoms.